The highest BCUT2D eigenvalue weighted by Crippen LogP contribution is 2.39. The van der Waals surface area contributed by atoms with Crippen LogP contribution >= 0.6 is 0 Å². The number of hydrogen-bond donors (Lipinski definition) is 3. The molecule has 1 fully saturated rings. The largest absolute Gasteiger partial charge is 0.340 e. The molecule has 3 aromatic rings. The van der Waals surface area contributed by atoms with Crippen molar-refractivity contribution in [3.63, 3.8) is 0 Å². The lowest BCUT2D eigenvalue weighted by Gasteiger charge is -2.40. The second-order valence-electron chi connectivity index (χ2n) is 7.53. The van der Waals surface area contributed by atoms with E-state index in [1.807, 2.05) is 24.3 Å². The molecule has 27 heavy (non-hydrogen) atoms. The minimum atomic E-state index is -0.544. The number of fused-ring (bicyclic) bond motifs is 1. The number of carbonyl (C=O) groups is 1. The molecule has 0 radical (unpaired) electrons. The van der Waals surface area contributed by atoms with E-state index < -0.39 is 5.54 Å². The van der Waals surface area contributed by atoms with Crippen molar-refractivity contribution in [2.24, 2.45) is 5.92 Å². The highest BCUT2D eigenvalue weighted by molar-refractivity contribution is 5.77. The number of benzene rings is 1. The molecule has 0 spiro atoms. The molecule has 2 amide bonds. The van der Waals surface area contributed by atoms with E-state index in [2.05, 4.69) is 44.6 Å². The molecule has 1 aliphatic rings. The quantitative estimate of drug-likeness (QED) is 0.640. The van der Waals surface area contributed by atoms with Crippen LogP contribution < -0.4 is 10.6 Å². The van der Waals surface area contributed by atoms with E-state index in [-0.39, 0.29) is 18.0 Å². The lowest BCUT2D eigenvalue weighted by Crippen LogP contribution is -2.55. The molecule has 0 aliphatic heterocycles. The first-order chi connectivity index (χ1) is 13.0. The van der Waals surface area contributed by atoms with Crippen LogP contribution in [0.1, 0.15) is 56.7 Å². The predicted octanol–water partition coefficient (Wildman–Crippen LogP) is 3.33. The summed E-state index contributed by atoms with van der Waals surface area (Å²) in [5.41, 5.74) is 1.30. The van der Waals surface area contributed by atoms with Crippen LogP contribution in [0.5, 0.6) is 0 Å². The minimum Gasteiger partial charge on any atom is -0.340 e. The Morgan fingerprint density at radius 2 is 2.04 bits per heavy atom. The summed E-state index contributed by atoms with van der Waals surface area (Å²) in [6.07, 6.45) is 2.62. The Labute approximate surface area is 157 Å². The molecule has 0 saturated heterocycles. The number of carbonyl (C=O) groups excluding carboxylic acids is 1. The molecule has 1 saturated carbocycles. The van der Waals surface area contributed by atoms with Gasteiger partial charge < -0.3 is 20.1 Å². The molecule has 2 aromatic heterocycles. The number of rotatable bonds is 5. The van der Waals surface area contributed by atoms with Gasteiger partial charge in [-0.05, 0) is 37.3 Å². The molecule has 1 unspecified atom stereocenters. The fourth-order valence-corrected chi connectivity index (χ4v) is 3.49. The van der Waals surface area contributed by atoms with Crippen molar-refractivity contribution in [3.05, 3.63) is 41.8 Å². The van der Waals surface area contributed by atoms with Crippen molar-refractivity contribution < 1.29 is 9.32 Å². The maximum Gasteiger partial charge on any atom is 0.316 e. The van der Waals surface area contributed by atoms with E-state index in [9.17, 15) is 4.79 Å². The second kappa shape index (κ2) is 6.68. The zero-order valence-corrected chi connectivity index (χ0v) is 15.7. The number of amides is 2. The summed E-state index contributed by atoms with van der Waals surface area (Å²) < 4.78 is 5.10. The van der Waals surface area contributed by atoms with Crippen molar-refractivity contribution in [2.75, 3.05) is 0 Å². The number of nitrogens with one attached hydrogen (secondary N) is 3. The monoisotopic (exact) mass is 368 g/mol. The molecule has 142 valence electrons. The standard InChI is InChI=1S/C19H24N6O2/c1-11(2)15(16-21-13-7-4-5-8-14(13)22-16)23-18(26)24-19(9-6-10-19)17-20-12(3)27-25-17/h4-5,7-8,11,15H,6,9-10H2,1-3H3,(H,21,22)(H2,23,24,26). The highest BCUT2D eigenvalue weighted by atomic mass is 16.5. The van der Waals surface area contributed by atoms with Gasteiger partial charge in [-0.2, -0.15) is 4.98 Å². The number of aryl methyl sites for hydroxylation is 1. The normalized spacial score (nSPS) is 16.9. The van der Waals surface area contributed by atoms with Crippen molar-refractivity contribution in [1.29, 1.82) is 0 Å². The van der Waals surface area contributed by atoms with Crippen LogP contribution in [0.2, 0.25) is 0 Å². The Bertz CT molecular complexity index is 923. The highest BCUT2D eigenvalue weighted by Gasteiger charge is 2.44. The van der Waals surface area contributed by atoms with Gasteiger partial charge in [-0.25, -0.2) is 9.78 Å². The third kappa shape index (κ3) is 3.27. The zero-order valence-electron chi connectivity index (χ0n) is 15.7. The lowest BCUT2D eigenvalue weighted by atomic mass is 9.76. The van der Waals surface area contributed by atoms with Crippen LogP contribution in [-0.4, -0.2) is 26.1 Å². The number of H-pyrrole nitrogens is 1. The SMILES string of the molecule is Cc1nc(C2(NC(=O)NC(c3nc4ccccc4[nH]3)C(C)C)CCC2)no1. The van der Waals surface area contributed by atoms with Crippen LogP contribution in [-0.2, 0) is 5.54 Å². The number of aromatic nitrogens is 4. The topological polar surface area (TPSA) is 109 Å². The Balaban J connectivity index is 1.52. The maximum atomic E-state index is 12.8. The van der Waals surface area contributed by atoms with Gasteiger partial charge in [0.15, 0.2) is 5.82 Å². The van der Waals surface area contributed by atoms with E-state index >= 15 is 0 Å². The van der Waals surface area contributed by atoms with Gasteiger partial charge in [-0.15, -0.1) is 0 Å². The number of aromatic amines is 1. The van der Waals surface area contributed by atoms with Crippen molar-refractivity contribution in [3.8, 4) is 0 Å². The fraction of sp³-hybridized carbons (Fsp3) is 0.474. The summed E-state index contributed by atoms with van der Waals surface area (Å²) in [7, 11) is 0. The molecule has 1 atom stereocenters. The van der Waals surface area contributed by atoms with Crippen LogP contribution in [0.3, 0.4) is 0 Å². The maximum absolute atomic E-state index is 12.8. The second-order valence-corrected chi connectivity index (χ2v) is 7.53. The number of para-hydroxylation sites is 2. The summed E-state index contributed by atoms with van der Waals surface area (Å²) in [6.45, 7) is 5.86. The van der Waals surface area contributed by atoms with Gasteiger partial charge in [0.25, 0.3) is 0 Å². The average molecular weight is 368 g/mol. The first-order valence-electron chi connectivity index (χ1n) is 9.31. The van der Waals surface area contributed by atoms with Gasteiger partial charge in [-0.3, -0.25) is 0 Å². The molecule has 3 N–H and O–H groups in total. The minimum absolute atomic E-state index is 0.168. The molecule has 4 rings (SSSR count). The van der Waals surface area contributed by atoms with Crippen molar-refractivity contribution >= 4 is 17.1 Å². The van der Waals surface area contributed by atoms with E-state index in [1.54, 1.807) is 6.92 Å². The number of nitrogens with zero attached hydrogens (tertiary/aromatic N) is 3. The predicted molar refractivity (Wildman–Crippen MR) is 99.9 cm³/mol. The van der Waals surface area contributed by atoms with Gasteiger partial charge in [0.2, 0.25) is 5.89 Å². The molecule has 8 heteroatoms. The third-order valence-electron chi connectivity index (χ3n) is 5.17. The summed E-state index contributed by atoms with van der Waals surface area (Å²) in [6, 6.07) is 7.35. The molecule has 1 aromatic carbocycles. The van der Waals surface area contributed by atoms with E-state index in [4.69, 9.17) is 4.52 Å². The summed E-state index contributed by atoms with van der Waals surface area (Å²) in [5, 5.41) is 10.2. The van der Waals surface area contributed by atoms with Gasteiger partial charge in [0.05, 0.1) is 17.1 Å². The Morgan fingerprint density at radius 1 is 1.26 bits per heavy atom. The lowest BCUT2D eigenvalue weighted by molar-refractivity contribution is 0.161. The van der Waals surface area contributed by atoms with Crippen molar-refractivity contribution in [2.45, 2.75) is 51.6 Å². The summed E-state index contributed by atoms with van der Waals surface area (Å²) >= 11 is 0. The number of imidazole rings is 1. The summed E-state index contributed by atoms with van der Waals surface area (Å²) in [4.78, 5) is 25.1. The molecule has 8 nitrogen and oxygen atoms in total. The Morgan fingerprint density at radius 3 is 2.63 bits per heavy atom. The smallest absolute Gasteiger partial charge is 0.316 e. The third-order valence-corrected chi connectivity index (χ3v) is 5.17. The van der Waals surface area contributed by atoms with E-state index in [1.165, 1.54) is 0 Å². The van der Waals surface area contributed by atoms with Crippen LogP contribution in [0.15, 0.2) is 28.8 Å². The molecule has 1 aliphatic carbocycles. The van der Waals surface area contributed by atoms with Crippen LogP contribution in [0.4, 0.5) is 4.79 Å². The zero-order chi connectivity index (χ0) is 19.0. The van der Waals surface area contributed by atoms with Crippen molar-refractivity contribution in [1.82, 2.24) is 30.7 Å². The van der Waals surface area contributed by atoms with Gasteiger partial charge >= 0.3 is 6.03 Å². The number of hydrogen-bond acceptors (Lipinski definition) is 5. The van der Waals surface area contributed by atoms with Gasteiger partial charge in [-0.1, -0.05) is 31.1 Å². The average Bonchev–Trinajstić information content (AvgIpc) is 3.21. The first-order valence-corrected chi connectivity index (χ1v) is 9.31. The Kier molecular flexibility index (Phi) is 4.33. The summed E-state index contributed by atoms with van der Waals surface area (Å²) in [5.74, 6) is 1.97. The first kappa shape index (κ1) is 17.5. The van der Waals surface area contributed by atoms with Crippen LogP contribution in [0.25, 0.3) is 11.0 Å². The molecular formula is C19H24N6O2. The van der Waals surface area contributed by atoms with E-state index in [0.717, 1.165) is 36.1 Å². The number of urea groups is 1. The van der Waals surface area contributed by atoms with Gasteiger partial charge in [0, 0.05) is 6.92 Å². The van der Waals surface area contributed by atoms with Crippen LogP contribution in [0, 0.1) is 12.8 Å². The van der Waals surface area contributed by atoms with E-state index in [0.29, 0.717) is 11.7 Å². The Hall–Kier alpha value is -2.90. The molecular weight excluding hydrogens is 344 g/mol. The van der Waals surface area contributed by atoms with Gasteiger partial charge in [0.1, 0.15) is 11.4 Å². The fourth-order valence-electron chi connectivity index (χ4n) is 3.49. The molecule has 0 bridgehead atoms. The molecule has 2 heterocycles.